The van der Waals surface area contributed by atoms with E-state index in [0.29, 0.717) is 17.3 Å². The van der Waals surface area contributed by atoms with Gasteiger partial charge in [-0.15, -0.1) is 0 Å². The monoisotopic (exact) mass is 184 g/mol. The lowest BCUT2D eigenvalue weighted by molar-refractivity contribution is -0.108. The van der Waals surface area contributed by atoms with Crippen molar-refractivity contribution in [1.82, 2.24) is 9.97 Å². The molecule has 0 amide bonds. The Morgan fingerprint density at radius 1 is 1.58 bits per heavy atom. The first-order chi connectivity index (χ1) is 5.74. The van der Waals surface area contributed by atoms with Crippen LogP contribution in [0.1, 0.15) is 25.1 Å². The molecule has 0 unspecified atom stereocenters. The Kier molecular flexibility index (Phi) is 3.17. The van der Waals surface area contributed by atoms with Crippen LogP contribution in [0, 0.1) is 0 Å². The van der Waals surface area contributed by atoms with Crippen LogP contribution >= 0.6 is 11.6 Å². The fraction of sp³-hybridized carbons (Fsp3) is 0.375. The minimum atomic E-state index is 0.0692. The maximum atomic E-state index is 10.2. The Labute approximate surface area is 75.8 Å². The average molecular weight is 185 g/mol. The third-order valence-electron chi connectivity index (χ3n) is 1.53. The highest BCUT2D eigenvalue weighted by molar-refractivity contribution is 6.30. The lowest BCUT2D eigenvalue weighted by Gasteiger charge is -2.04. The second-order valence-electron chi connectivity index (χ2n) is 2.56. The average Bonchev–Trinajstić information content (AvgIpc) is 2.06. The quantitative estimate of drug-likeness (QED) is 0.673. The van der Waals surface area contributed by atoms with E-state index in [1.807, 2.05) is 6.92 Å². The molecule has 1 aromatic rings. The molecular formula is C8H9ClN2O. The van der Waals surface area contributed by atoms with E-state index in [9.17, 15) is 4.79 Å². The molecule has 12 heavy (non-hydrogen) atoms. The van der Waals surface area contributed by atoms with Gasteiger partial charge in [-0.2, -0.15) is 0 Å². The third-order valence-corrected chi connectivity index (χ3v) is 1.73. The summed E-state index contributed by atoms with van der Waals surface area (Å²) in [7, 11) is 0. The van der Waals surface area contributed by atoms with Crippen molar-refractivity contribution in [1.29, 1.82) is 0 Å². The van der Waals surface area contributed by atoms with Crippen molar-refractivity contribution in [2.24, 2.45) is 0 Å². The minimum absolute atomic E-state index is 0.0692. The smallest absolute Gasteiger partial charge is 0.131 e. The van der Waals surface area contributed by atoms with Gasteiger partial charge in [0.05, 0.1) is 5.02 Å². The predicted octanol–water partition coefficient (Wildman–Crippen LogP) is 1.82. The first-order valence-corrected chi connectivity index (χ1v) is 4.03. The fourth-order valence-corrected chi connectivity index (χ4v) is 0.924. The van der Waals surface area contributed by atoms with Gasteiger partial charge in [0.15, 0.2) is 0 Å². The van der Waals surface area contributed by atoms with Crippen LogP contribution in [0.3, 0.4) is 0 Å². The minimum Gasteiger partial charge on any atom is -0.303 e. The number of carbonyl (C=O) groups excluding carboxylic acids is 1. The number of halogens is 1. The van der Waals surface area contributed by atoms with E-state index in [4.69, 9.17) is 11.6 Å². The molecule has 0 aliphatic heterocycles. The van der Waals surface area contributed by atoms with E-state index in [1.165, 1.54) is 12.4 Å². The van der Waals surface area contributed by atoms with Crippen molar-refractivity contribution in [3.63, 3.8) is 0 Å². The van der Waals surface area contributed by atoms with Gasteiger partial charge < -0.3 is 4.79 Å². The molecular weight excluding hydrogens is 176 g/mol. The first kappa shape index (κ1) is 9.13. The molecule has 0 saturated heterocycles. The van der Waals surface area contributed by atoms with Gasteiger partial charge in [0.1, 0.15) is 12.1 Å². The molecule has 4 heteroatoms. The van der Waals surface area contributed by atoms with Crippen molar-refractivity contribution < 1.29 is 4.79 Å². The molecule has 0 aromatic carbocycles. The molecule has 0 bridgehead atoms. The molecule has 1 aromatic heterocycles. The number of rotatable bonds is 3. The van der Waals surface area contributed by atoms with Gasteiger partial charge in [0.2, 0.25) is 0 Å². The Hall–Kier alpha value is -0.960. The maximum Gasteiger partial charge on any atom is 0.131 e. The standard InChI is InChI=1S/C8H9ClN2O/c1-6(2-3-12)8-10-4-7(9)5-11-8/h3-6H,2H2,1H3/t6-/m0/s1. The molecule has 0 N–H and O–H groups in total. The number of carbonyl (C=O) groups is 1. The van der Waals surface area contributed by atoms with Gasteiger partial charge in [0, 0.05) is 24.7 Å². The van der Waals surface area contributed by atoms with Crippen LogP contribution in [0.15, 0.2) is 12.4 Å². The second kappa shape index (κ2) is 4.16. The van der Waals surface area contributed by atoms with Crippen molar-refractivity contribution in [2.45, 2.75) is 19.3 Å². The molecule has 3 nitrogen and oxygen atoms in total. The molecule has 1 heterocycles. The van der Waals surface area contributed by atoms with Gasteiger partial charge in [-0.25, -0.2) is 9.97 Å². The molecule has 0 spiro atoms. The summed E-state index contributed by atoms with van der Waals surface area (Å²) in [6.45, 7) is 1.90. The molecule has 0 radical (unpaired) electrons. The van der Waals surface area contributed by atoms with E-state index in [1.54, 1.807) is 0 Å². The van der Waals surface area contributed by atoms with Crippen molar-refractivity contribution in [3.05, 3.63) is 23.2 Å². The largest absolute Gasteiger partial charge is 0.303 e. The number of hydrogen-bond donors (Lipinski definition) is 0. The normalized spacial score (nSPS) is 12.5. The first-order valence-electron chi connectivity index (χ1n) is 3.65. The maximum absolute atomic E-state index is 10.2. The van der Waals surface area contributed by atoms with Crippen LogP contribution in [0.5, 0.6) is 0 Å². The SMILES string of the molecule is C[C@@H](CC=O)c1ncc(Cl)cn1. The molecule has 1 atom stereocenters. The number of aldehydes is 1. The van der Waals surface area contributed by atoms with Crippen LogP contribution in [0.2, 0.25) is 5.02 Å². The number of aromatic nitrogens is 2. The van der Waals surface area contributed by atoms with E-state index in [0.717, 1.165) is 6.29 Å². The number of nitrogens with zero attached hydrogens (tertiary/aromatic N) is 2. The van der Waals surface area contributed by atoms with Gasteiger partial charge in [-0.3, -0.25) is 0 Å². The van der Waals surface area contributed by atoms with Crippen molar-refractivity contribution in [3.8, 4) is 0 Å². The zero-order valence-corrected chi connectivity index (χ0v) is 7.45. The summed E-state index contributed by atoms with van der Waals surface area (Å²) in [5.74, 6) is 0.728. The zero-order chi connectivity index (χ0) is 8.97. The van der Waals surface area contributed by atoms with E-state index >= 15 is 0 Å². The Morgan fingerprint density at radius 2 is 2.17 bits per heavy atom. The van der Waals surface area contributed by atoms with Gasteiger partial charge in [0.25, 0.3) is 0 Å². The summed E-state index contributed by atoms with van der Waals surface area (Å²) in [5.41, 5.74) is 0. The highest BCUT2D eigenvalue weighted by Gasteiger charge is 2.06. The Morgan fingerprint density at radius 3 is 2.67 bits per heavy atom. The van der Waals surface area contributed by atoms with Crippen LogP contribution in [-0.4, -0.2) is 16.3 Å². The lowest BCUT2D eigenvalue weighted by Crippen LogP contribution is -2.00. The van der Waals surface area contributed by atoms with Crippen molar-refractivity contribution >= 4 is 17.9 Å². The summed E-state index contributed by atoms with van der Waals surface area (Å²) < 4.78 is 0. The summed E-state index contributed by atoms with van der Waals surface area (Å²) in [4.78, 5) is 18.2. The Bertz CT molecular complexity index is 260. The predicted molar refractivity (Wildman–Crippen MR) is 46.1 cm³/mol. The Balaban J connectivity index is 2.74. The van der Waals surface area contributed by atoms with Crippen LogP contribution in [0.25, 0.3) is 0 Å². The number of hydrogen-bond acceptors (Lipinski definition) is 3. The fourth-order valence-electron chi connectivity index (χ4n) is 0.826. The second-order valence-corrected chi connectivity index (χ2v) is 3.00. The van der Waals surface area contributed by atoms with Crippen LogP contribution in [0.4, 0.5) is 0 Å². The molecule has 64 valence electrons. The van der Waals surface area contributed by atoms with Gasteiger partial charge in [-0.05, 0) is 0 Å². The molecule has 0 saturated carbocycles. The summed E-state index contributed by atoms with van der Waals surface area (Å²) >= 11 is 5.60. The summed E-state index contributed by atoms with van der Waals surface area (Å²) in [6, 6.07) is 0. The highest BCUT2D eigenvalue weighted by Crippen LogP contribution is 2.13. The molecule has 0 fully saturated rings. The zero-order valence-electron chi connectivity index (χ0n) is 6.70. The molecule has 0 aliphatic rings. The van der Waals surface area contributed by atoms with Crippen molar-refractivity contribution in [2.75, 3.05) is 0 Å². The van der Waals surface area contributed by atoms with E-state index < -0.39 is 0 Å². The molecule has 1 rings (SSSR count). The molecule has 0 aliphatic carbocycles. The van der Waals surface area contributed by atoms with Crippen LogP contribution in [-0.2, 0) is 4.79 Å². The highest BCUT2D eigenvalue weighted by atomic mass is 35.5. The topological polar surface area (TPSA) is 42.9 Å². The van der Waals surface area contributed by atoms with Gasteiger partial charge in [-0.1, -0.05) is 18.5 Å². The van der Waals surface area contributed by atoms with Crippen LogP contribution < -0.4 is 0 Å². The van der Waals surface area contributed by atoms with Gasteiger partial charge >= 0.3 is 0 Å². The van der Waals surface area contributed by atoms with E-state index in [-0.39, 0.29) is 5.92 Å². The third kappa shape index (κ3) is 2.27. The summed E-state index contributed by atoms with van der Waals surface area (Å²) in [6.07, 6.45) is 4.38. The van der Waals surface area contributed by atoms with E-state index in [2.05, 4.69) is 9.97 Å². The lowest BCUT2D eigenvalue weighted by atomic mass is 10.1. The summed E-state index contributed by atoms with van der Waals surface area (Å²) in [5, 5.41) is 0.511.